The average Bonchev–Trinajstić information content (AvgIpc) is 2.48. The van der Waals surface area contributed by atoms with E-state index in [9.17, 15) is 10.1 Å². The molecule has 110 valence electrons. The van der Waals surface area contributed by atoms with E-state index in [1.165, 1.54) is 12.1 Å². The fourth-order valence-electron chi connectivity index (χ4n) is 1.93. The molecule has 2 aromatic rings. The third-order valence-electron chi connectivity index (χ3n) is 3.09. The van der Waals surface area contributed by atoms with Gasteiger partial charge >= 0.3 is 0 Å². The van der Waals surface area contributed by atoms with Crippen molar-refractivity contribution < 1.29 is 9.66 Å². The Morgan fingerprint density at radius 3 is 2.67 bits per heavy atom. The predicted molar refractivity (Wildman–Crippen MR) is 83.2 cm³/mol. The fourth-order valence-corrected chi connectivity index (χ4v) is 2.04. The lowest BCUT2D eigenvalue weighted by atomic mass is 10.1. The molecule has 21 heavy (non-hydrogen) atoms. The molecule has 6 heteroatoms. The van der Waals surface area contributed by atoms with Gasteiger partial charge in [0.1, 0.15) is 12.4 Å². The van der Waals surface area contributed by atoms with Crippen molar-refractivity contribution in [2.45, 2.75) is 13.5 Å². The maximum Gasteiger partial charge on any atom is 0.269 e. The summed E-state index contributed by atoms with van der Waals surface area (Å²) in [7, 11) is 1.76. The summed E-state index contributed by atoms with van der Waals surface area (Å²) < 4.78 is 5.68. The smallest absolute Gasteiger partial charge is 0.269 e. The topological polar surface area (TPSA) is 64.4 Å². The molecule has 0 aliphatic heterocycles. The number of nitro groups is 1. The monoisotopic (exact) mass is 306 g/mol. The van der Waals surface area contributed by atoms with Gasteiger partial charge in [-0.05, 0) is 36.8 Å². The second kappa shape index (κ2) is 6.45. The van der Waals surface area contributed by atoms with E-state index in [1.807, 2.05) is 13.0 Å². The van der Waals surface area contributed by atoms with Gasteiger partial charge in [0.2, 0.25) is 0 Å². The lowest BCUT2D eigenvalue weighted by Gasteiger charge is -2.11. The van der Waals surface area contributed by atoms with Crippen LogP contribution in [-0.2, 0) is 6.61 Å². The van der Waals surface area contributed by atoms with Crippen LogP contribution in [0.15, 0.2) is 36.4 Å². The minimum Gasteiger partial charge on any atom is -0.489 e. The van der Waals surface area contributed by atoms with Crippen LogP contribution in [0.1, 0.15) is 11.1 Å². The maximum absolute atomic E-state index is 10.8. The Morgan fingerprint density at radius 2 is 2.05 bits per heavy atom. The molecule has 1 N–H and O–H groups in total. The van der Waals surface area contributed by atoms with Gasteiger partial charge in [0.05, 0.1) is 4.92 Å². The SMILES string of the molecule is CNc1ccc([N+](=O)[O-])cc1COc1ccc(Cl)c(C)c1. The number of non-ortho nitro benzene ring substituents is 1. The molecule has 0 spiro atoms. The Balaban J connectivity index is 2.19. The molecule has 0 heterocycles. The number of nitrogens with one attached hydrogen (secondary N) is 1. The van der Waals surface area contributed by atoms with Gasteiger partial charge in [-0.1, -0.05) is 11.6 Å². The van der Waals surface area contributed by atoms with Crippen LogP contribution < -0.4 is 10.1 Å². The van der Waals surface area contributed by atoms with Crippen LogP contribution >= 0.6 is 11.6 Å². The molecule has 0 aromatic heterocycles. The van der Waals surface area contributed by atoms with E-state index in [0.717, 1.165) is 16.8 Å². The molecular formula is C15H15ClN2O3. The highest BCUT2D eigenvalue weighted by Crippen LogP contribution is 2.25. The Hall–Kier alpha value is -2.27. The quantitative estimate of drug-likeness (QED) is 0.665. The van der Waals surface area contributed by atoms with Crippen LogP contribution in [-0.4, -0.2) is 12.0 Å². The molecule has 5 nitrogen and oxygen atoms in total. The summed E-state index contributed by atoms with van der Waals surface area (Å²) in [5.41, 5.74) is 2.48. The molecule has 0 atom stereocenters. The number of nitro benzene ring substituents is 1. The molecule has 0 unspecified atom stereocenters. The first-order valence-electron chi connectivity index (χ1n) is 6.35. The molecule has 0 saturated heterocycles. The summed E-state index contributed by atoms with van der Waals surface area (Å²) >= 11 is 5.96. The number of aryl methyl sites for hydroxylation is 1. The molecular weight excluding hydrogens is 292 g/mol. The Morgan fingerprint density at radius 1 is 1.29 bits per heavy atom. The van der Waals surface area contributed by atoms with Crippen LogP contribution in [0.5, 0.6) is 5.75 Å². The number of ether oxygens (including phenoxy) is 1. The van der Waals surface area contributed by atoms with Crippen LogP contribution in [0.4, 0.5) is 11.4 Å². The van der Waals surface area contributed by atoms with Gasteiger partial charge < -0.3 is 10.1 Å². The summed E-state index contributed by atoms with van der Waals surface area (Å²) in [5.74, 6) is 0.672. The zero-order valence-electron chi connectivity index (χ0n) is 11.7. The maximum atomic E-state index is 10.8. The van der Waals surface area contributed by atoms with E-state index in [2.05, 4.69) is 5.32 Å². The second-order valence-electron chi connectivity index (χ2n) is 4.55. The van der Waals surface area contributed by atoms with Gasteiger partial charge in [-0.25, -0.2) is 0 Å². The van der Waals surface area contributed by atoms with Crippen molar-refractivity contribution in [2.75, 3.05) is 12.4 Å². The zero-order valence-corrected chi connectivity index (χ0v) is 12.5. The second-order valence-corrected chi connectivity index (χ2v) is 4.96. The van der Waals surface area contributed by atoms with Crippen molar-refractivity contribution in [3.05, 3.63) is 62.7 Å². The third kappa shape index (κ3) is 3.64. The Kier molecular flexibility index (Phi) is 4.65. The molecule has 0 amide bonds. The number of anilines is 1. The number of halogens is 1. The standard InChI is InChI=1S/C15H15ClN2O3/c1-10-7-13(4-5-14(10)16)21-9-11-8-12(18(19)20)3-6-15(11)17-2/h3-8,17H,9H2,1-2H3. The highest BCUT2D eigenvalue weighted by atomic mass is 35.5. The Bertz CT molecular complexity index is 674. The zero-order chi connectivity index (χ0) is 15.4. The van der Waals surface area contributed by atoms with E-state index >= 15 is 0 Å². The number of nitrogens with zero attached hydrogens (tertiary/aromatic N) is 1. The number of hydrogen-bond acceptors (Lipinski definition) is 4. The average molecular weight is 307 g/mol. The van der Waals surface area contributed by atoms with Crippen molar-refractivity contribution in [1.82, 2.24) is 0 Å². The summed E-state index contributed by atoms with van der Waals surface area (Å²) in [6.07, 6.45) is 0. The van der Waals surface area contributed by atoms with E-state index in [-0.39, 0.29) is 12.3 Å². The third-order valence-corrected chi connectivity index (χ3v) is 3.52. The lowest BCUT2D eigenvalue weighted by molar-refractivity contribution is -0.384. The normalized spacial score (nSPS) is 10.2. The summed E-state index contributed by atoms with van der Waals surface area (Å²) in [5, 5.41) is 14.5. The predicted octanol–water partition coefficient (Wildman–Crippen LogP) is 4.18. The van der Waals surface area contributed by atoms with Crippen molar-refractivity contribution in [3.63, 3.8) is 0 Å². The van der Waals surface area contributed by atoms with Crippen LogP contribution in [0.25, 0.3) is 0 Å². The summed E-state index contributed by atoms with van der Waals surface area (Å²) in [6.45, 7) is 2.13. The number of rotatable bonds is 5. The van der Waals surface area contributed by atoms with Crippen LogP contribution in [0.2, 0.25) is 5.02 Å². The molecule has 2 aromatic carbocycles. The first-order chi connectivity index (χ1) is 10.0. The summed E-state index contributed by atoms with van der Waals surface area (Å²) in [6, 6.07) is 10.0. The molecule has 0 fully saturated rings. The molecule has 0 saturated carbocycles. The molecule has 0 aliphatic rings. The van der Waals surface area contributed by atoms with Crippen molar-refractivity contribution in [2.24, 2.45) is 0 Å². The fraction of sp³-hybridized carbons (Fsp3) is 0.200. The Labute approximate surface area is 127 Å². The van der Waals surface area contributed by atoms with Gasteiger partial charge in [0.25, 0.3) is 5.69 Å². The first kappa shape index (κ1) is 15.1. The van der Waals surface area contributed by atoms with Gasteiger partial charge in [0.15, 0.2) is 0 Å². The van der Waals surface area contributed by atoms with Gasteiger partial charge in [-0.15, -0.1) is 0 Å². The van der Waals surface area contributed by atoms with E-state index in [1.54, 1.807) is 25.2 Å². The van der Waals surface area contributed by atoms with E-state index in [0.29, 0.717) is 10.8 Å². The van der Waals surface area contributed by atoms with Gasteiger partial charge in [-0.2, -0.15) is 0 Å². The minimum absolute atomic E-state index is 0.0416. The first-order valence-corrected chi connectivity index (χ1v) is 6.73. The molecule has 0 bridgehead atoms. The van der Waals surface area contributed by atoms with Crippen molar-refractivity contribution in [1.29, 1.82) is 0 Å². The van der Waals surface area contributed by atoms with Gasteiger partial charge in [-0.3, -0.25) is 10.1 Å². The molecule has 0 aliphatic carbocycles. The van der Waals surface area contributed by atoms with E-state index in [4.69, 9.17) is 16.3 Å². The van der Waals surface area contributed by atoms with Crippen LogP contribution in [0, 0.1) is 17.0 Å². The van der Waals surface area contributed by atoms with Gasteiger partial charge in [0, 0.05) is 35.5 Å². The van der Waals surface area contributed by atoms with Crippen molar-refractivity contribution >= 4 is 23.0 Å². The van der Waals surface area contributed by atoms with Crippen LogP contribution in [0.3, 0.4) is 0 Å². The minimum atomic E-state index is -0.421. The number of hydrogen-bond donors (Lipinski definition) is 1. The van der Waals surface area contributed by atoms with E-state index < -0.39 is 4.92 Å². The molecule has 2 rings (SSSR count). The van der Waals surface area contributed by atoms with Crippen molar-refractivity contribution in [3.8, 4) is 5.75 Å². The molecule has 0 radical (unpaired) electrons. The largest absolute Gasteiger partial charge is 0.489 e. The lowest BCUT2D eigenvalue weighted by Crippen LogP contribution is -2.02. The summed E-state index contributed by atoms with van der Waals surface area (Å²) in [4.78, 5) is 10.4. The highest BCUT2D eigenvalue weighted by Gasteiger charge is 2.11. The highest BCUT2D eigenvalue weighted by molar-refractivity contribution is 6.31. The number of benzene rings is 2.